The van der Waals surface area contributed by atoms with Crippen molar-refractivity contribution in [2.75, 3.05) is 5.88 Å². The van der Waals surface area contributed by atoms with Crippen LogP contribution in [0.15, 0.2) is 12.1 Å². The summed E-state index contributed by atoms with van der Waals surface area (Å²) in [5.41, 5.74) is 1.52. The van der Waals surface area contributed by atoms with Gasteiger partial charge in [-0.2, -0.15) is 0 Å². The van der Waals surface area contributed by atoms with Gasteiger partial charge in [0.1, 0.15) is 11.6 Å². The lowest BCUT2D eigenvalue weighted by molar-refractivity contribution is 0.369. The Labute approximate surface area is 128 Å². The van der Waals surface area contributed by atoms with E-state index in [1.165, 1.54) is 6.07 Å². The van der Waals surface area contributed by atoms with Crippen LogP contribution in [-0.2, 0) is 6.42 Å². The van der Waals surface area contributed by atoms with Crippen molar-refractivity contribution in [2.45, 2.75) is 39.7 Å². The molecular formula is C15H19Cl2FN2. The zero-order valence-electron chi connectivity index (χ0n) is 12.0. The predicted molar refractivity (Wildman–Crippen MR) is 83.3 cm³/mol. The lowest BCUT2D eigenvalue weighted by Crippen LogP contribution is -2.16. The number of aryl methyl sites for hydroxylation is 1. The number of halogens is 3. The standard InChI is InChI=1S/C15H19Cl2FN2/c1-4-9(2)10(3)20-14-7-11(17)12(18)8-13(14)19-15(20)5-6-16/h7-10H,4-6H2,1-3H3. The number of nitrogens with zero attached hydrogens (tertiary/aromatic N) is 2. The summed E-state index contributed by atoms with van der Waals surface area (Å²) in [4.78, 5) is 4.52. The predicted octanol–water partition coefficient (Wildman–Crippen LogP) is 5.22. The molecule has 0 aliphatic carbocycles. The van der Waals surface area contributed by atoms with Gasteiger partial charge in [-0.15, -0.1) is 11.6 Å². The average molecular weight is 317 g/mol. The maximum absolute atomic E-state index is 13.6. The van der Waals surface area contributed by atoms with E-state index >= 15 is 0 Å². The van der Waals surface area contributed by atoms with Crippen LogP contribution in [0, 0.1) is 11.7 Å². The maximum atomic E-state index is 13.6. The quantitative estimate of drug-likeness (QED) is 0.692. The van der Waals surface area contributed by atoms with E-state index in [2.05, 4.69) is 30.3 Å². The van der Waals surface area contributed by atoms with Crippen molar-refractivity contribution < 1.29 is 4.39 Å². The highest BCUT2D eigenvalue weighted by atomic mass is 35.5. The van der Waals surface area contributed by atoms with E-state index in [0.717, 1.165) is 17.8 Å². The van der Waals surface area contributed by atoms with Crippen LogP contribution in [-0.4, -0.2) is 15.4 Å². The van der Waals surface area contributed by atoms with E-state index in [9.17, 15) is 4.39 Å². The Morgan fingerprint density at radius 3 is 2.65 bits per heavy atom. The molecule has 0 saturated carbocycles. The number of rotatable bonds is 5. The Balaban J connectivity index is 2.64. The van der Waals surface area contributed by atoms with Gasteiger partial charge >= 0.3 is 0 Å². The van der Waals surface area contributed by atoms with E-state index in [-0.39, 0.29) is 11.1 Å². The minimum atomic E-state index is -0.433. The van der Waals surface area contributed by atoms with Gasteiger partial charge in [0.2, 0.25) is 0 Å². The van der Waals surface area contributed by atoms with Gasteiger partial charge in [-0.1, -0.05) is 31.9 Å². The van der Waals surface area contributed by atoms with Crippen molar-refractivity contribution >= 4 is 34.2 Å². The molecule has 0 bridgehead atoms. The molecule has 1 heterocycles. The monoisotopic (exact) mass is 316 g/mol. The lowest BCUT2D eigenvalue weighted by Gasteiger charge is -2.23. The van der Waals surface area contributed by atoms with E-state index in [4.69, 9.17) is 23.2 Å². The number of alkyl halides is 1. The van der Waals surface area contributed by atoms with Crippen LogP contribution < -0.4 is 0 Å². The van der Waals surface area contributed by atoms with Crippen LogP contribution in [0.3, 0.4) is 0 Å². The Kier molecular flexibility index (Phi) is 4.92. The molecule has 1 aromatic heterocycles. The molecule has 0 spiro atoms. The molecular weight excluding hydrogens is 298 g/mol. The van der Waals surface area contributed by atoms with Gasteiger partial charge in [0.05, 0.1) is 16.1 Å². The van der Waals surface area contributed by atoms with Crippen molar-refractivity contribution in [1.82, 2.24) is 9.55 Å². The van der Waals surface area contributed by atoms with Crippen LogP contribution in [0.2, 0.25) is 5.02 Å². The Morgan fingerprint density at radius 2 is 2.05 bits per heavy atom. The van der Waals surface area contributed by atoms with Crippen LogP contribution in [0.5, 0.6) is 0 Å². The zero-order valence-corrected chi connectivity index (χ0v) is 13.5. The number of aromatic nitrogens is 2. The molecule has 0 radical (unpaired) electrons. The Bertz CT molecular complexity index is 609. The molecule has 20 heavy (non-hydrogen) atoms. The van der Waals surface area contributed by atoms with Crippen molar-refractivity contribution in [3.63, 3.8) is 0 Å². The molecule has 2 aromatic rings. The van der Waals surface area contributed by atoms with Gasteiger partial charge in [-0.25, -0.2) is 9.37 Å². The van der Waals surface area contributed by atoms with Crippen molar-refractivity contribution in [2.24, 2.45) is 5.92 Å². The minimum absolute atomic E-state index is 0.132. The molecule has 0 saturated heterocycles. The van der Waals surface area contributed by atoms with Crippen molar-refractivity contribution in [1.29, 1.82) is 0 Å². The maximum Gasteiger partial charge on any atom is 0.144 e. The molecule has 110 valence electrons. The first-order chi connectivity index (χ1) is 9.49. The third-order valence-electron chi connectivity index (χ3n) is 4.00. The summed E-state index contributed by atoms with van der Waals surface area (Å²) in [5, 5.41) is 0.132. The molecule has 2 nitrogen and oxygen atoms in total. The number of fused-ring (bicyclic) bond motifs is 1. The van der Waals surface area contributed by atoms with E-state index < -0.39 is 5.82 Å². The summed E-state index contributed by atoms with van der Waals surface area (Å²) < 4.78 is 15.7. The van der Waals surface area contributed by atoms with Gasteiger partial charge in [0.15, 0.2) is 0 Å². The van der Waals surface area contributed by atoms with Crippen LogP contribution in [0.25, 0.3) is 11.0 Å². The molecule has 0 fully saturated rings. The molecule has 1 aromatic carbocycles. The third-order valence-corrected chi connectivity index (χ3v) is 4.48. The molecule has 5 heteroatoms. The van der Waals surface area contributed by atoms with Gasteiger partial charge in [0, 0.05) is 24.4 Å². The summed E-state index contributed by atoms with van der Waals surface area (Å²) >= 11 is 11.8. The van der Waals surface area contributed by atoms with E-state index in [1.807, 2.05) is 0 Å². The smallest absolute Gasteiger partial charge is 0.144 e. The molecule has 0 aliphatic rings. The molecule has 0 N–H and O–H groups in total. The Morgan fingerprint density at radius 1 is 1.35 bits per heavy atom. The summed E-state index contributed by atoms with van der Waals surface area (Å²) in [6, 6.07) is 3.33. The SMILES string of the molecule is CCC(C)C(C)n1c(CCCl)nc2cc(F)c(Cl)cc21. The highest BCUT2D eigenvalue weighted by molar-refractivity contribution is 6.31. The van der Waals surface area contributed by atoms with Crippen molar-refractivity contribution in [3.05, 3.63) is 28.8 Å². The fourth-order valence-electron chi connectivity index (χ4n) is 2.45. The largest absolute Gasteiger partial charge is 0.325 e. The summed E-state index contributed by atoms with van der Waals surface area (Å²) in [6.07, 6.45) is 1.73. The van der Waals surface area contributed by atoms with Crippen molar-refractivity contribution in [3.8, 4) is 0 Å². The number of imidazole rings is 1. The van der Waals surface area contributed by atoms with E-state index in [1.54, 1.807) is 6.07 Å². The number of benzene rings is 1. The fraction of sp³-hybridized carbons (Fsp3) is 0.533. The van der Waals surface area contributed by atoms with E-state index in [0.29, 0.717) is 23.7 Å². The second-order valence-electron chi connectivity index (χ2n) is 5.22. The summed E-state index contributed by atoms with van der Waals surface area (Å²) in [5.74, 6) is 1.44. The van der Waals surface area contributed by atoms with Gasteiger partial charge < -0.3 is 4.57 Å². The normalized spacial score (nSPS) is 14.7. The second kappa shape index (κ2) is 6.31. The first-order valence-corrected chi connectivity index (χ1v) is 7.82. The summed E-state index contributed by atoms with van der Waals surface area (Å²) in [6.45, 7) is 6.52. The van der Waals surface area contributed by atoms with Gasteiger partial charge in [-0.05, 0) is 18.9 Å². The van der Waals surface area contributed by atoms with Gasteiger partial charge in [0.25, 0.3) is 0 Å². The first kappa shape index (κ1) is 15.6. The Hall–Kier alpha value is -0.800. The molecule has 0 aliphatic heterocycles. The minimum Gasteiger partial charge on any atom is -0.325 e. The highest BCUT2D eigenvalue weighted by Gasteiger charge is 2.20. The fourth-order valence-corrected chi connectivity index (χ4v) is 2.78. The van der Waals surface area contributed by atoms with Crippen LogP contribution in [0.1, 0.15) is 39.1 Å². The molecule has 2 rings (SSSR count). The van der Waals surface area contributed by atoms with Crippen LogP contribution in [0.4, 0.5) is 4.39 Å². The summed E-state index contributed by atoms with van der Waals surface area (Å²) in [7, 11) is 0. The van der Waals surface area contributed by atoms with Crippen LogP contribution >= 0.6 is 23.2 Å². The first-order valence-electron chi connectivity index (χ1n) is 6.91. The molecule has 2 atom stereocenters. The highest BCUT2D eigenvalue weighted by Crippen LogP contribution is 2.30. The average Bonchev–Trinajstić information content (AvgIpc) is 2.75. The number of hydrogen-bond donors (Lipinski definition) is 0. The zero-order chi connectivity index (χ0) is 14.9. The molecule has 2 unspecified atom stereocenters. The lowest BCUT2D eigenvalue weighted by atomic mass is 10.0. The third kappa shape index (κ3) is 2.79. The second-order valence-corrected chi connectivity index (χ2v) is 6.00. The topological polar surface area (TPSA) is 17.8 Å². The number of hydrogen-bond acceptors (Lipinski definition) is 1. The molecule has 0 amide bonds. The van der Waals surface area contributed by atoms with Gasteiger partial charge in [-0.3, -0.25) is 0 Å².